The molecular weight excluding hydrogens is 398 g/mol. The van der Waals surface area contributed by atoms with Gasteiger partial charge in [-0.15, -0.1) is 0 Å². The number of unbranched alkanes of at least 4 members (excludes halogenated alkanes) is 2. The molecule has 2 aliphatic rings. The van der Waals surface area contributed by atoms with E-state index in [1.807, 2.05) is 6.07 Å². The molecule has 0 bridgehead atoms. The highest BCUT2D eigenvalue weighted by Gasteiger charge is 2.42. The summed E-state index contributed by atoms with van der Waals surface area (Å²) in [5.41, 5.74) is 5.43. The lowest BCUT2D eigenvalue weighted by Crippen LogP contribution is -2.45. The van der Waals surface area contributed by atoms with Crippen LogP contribution < -0.4 is 10.3 Å². The predicted molar refractivity (Wildman–Crippen MR) is 119 cm³/mol. The third-order valence-corrected chi connectivity index (χ3v) is 6.12. The first-order chi connectivity index (χ1) is 15.0. The molecule has 2 aromatic carbocycles. The highest BCUT2D eigenvalue weighted by atomic mass is 19.1. The van der Waals surface area contributed by atoms with Gasteiger partial charge < -0.3 is 9.80 Å². The normalized spacial score (nSPS) is 20.7. The highest BCUT2D eigenvalue weighted by Crippen LogP contribution is 2.48. The number of fused-ring (bicyclic) bond motifs is 3. The molecule has 4 rings (SSSR count). The topological polar surface area (TPSA) is 47.9 Å². The zero-order valence-electron chi connectivity index (χ0n) is 17.7. The maximum atomic E-state index is 14.1. The first-order valence-corrected chi connectivity index (χ1v) is 10.9. The third-order valence-electron chi connectivity index (χ3n) is 6.12. The molecule has 1 saturated heterocycles. The van der Waals surface area contributed by atoms with Gasteiger partial charge in [-0.25, -0.2) is 14.2 Å². The second-order valence-corrected chi connectivity index (χ2v) is 8.29. The van der Waals surface area contributed by atoms with Crippen LogP contribution in [0.1, 0.15) is 44.1 Å². The van der Waals surface area contributed by atoms with Crippen LogP contribution in [0.25, 0.3) is 0 Å². The van der Waals surface area contributed by atoms with Gasteiger partial charge in [0.15, 0.2) is 0 Å². The molecule has 2 aliphatic heterocycles. The number of hydrazone groups is 1. The number of nitrogens with one attached hydrogen (secondary N) is 1. The standard InChI is InChI=1S/C24H28F2N4O/c1-17(31)28-27-12-3-2-4-13-29-14-11-24-22(16-29)21-15-19(26)7-10-23(21)30(24)20-8-5-18(25)6-9-20/h5-10,12,15,22,24H,2-4,11,13-14,16H2,1H3,(H,28,31). The van der Waals surface area contributed by atoms with Gasteiger partial charge in [0.2, 0.25) is 5.91 Å². The van der Waals surface area contributed by atoms with E-state index >= 15 is 0 Å². The Morgan fingerprint density at radius 3 is 2.71 bits per heavy atom. The number of carbonyl (C=O) groups excluding carboxylic acids is 1. The summed E-state index contributed by atoms with van der Waals surface area (Å²) in [7, 11) is 0. The summed E-state index contributed by atoms with van der Waals surface area (Å²) in [4.78, 5) is 15.5. The number of nitrogens with zero attached hydrogens (tertiary/aromatic N) is 3. The number of likely N-dealkylation sites (tertiary alicyclic amines) is 1. The Balaban J connectivity index is 1.41. The average molecular weight is 427 g/mol. The number of hydrogen-bond donors (Lipinski definition) is 1. The molecule has 1 N–H and O–H groups in total. The lowest BCUT2D eigenvalue weighted by molar-refractivity contribution is -0.118. The Labute approximate surface area is 181 Å². The van der Waals surface area contributed by atoms with Gasteiger partial charge >= 0.3 is 0 Å². The number of benzene rings is 2. The number of carbonyl (C=O) groups is 1. The minimum absolute atomic E-state index is 0.165. The van der Waals surface area contributed by atoms with Crippen molar-refractivity contribution < 1.29 is 13.6 Å². The molecule has 0 radical (unpaired) electrons. The van der Waals surface area contributed by atoms with Crippen LogP contribution in [-0.4, -0.2) is 42.7 Å². The molecule has 5 nitrogen and oxygen atoms in total. The fraction of sp³-hybridized carbons (Fsp3) is 0.417. The summed E-state index contributed by atoms with van der Waals surface area (Å²) in [6.45, 7) is 4.29. The Hall–Kier alpha value is -2.80. The van der Waals surface area contributed by atoms with Crippen molar-refractivity contribution in [3.05, 3.63) is 59.7 Å². The van der Waals surface area contributed by atoms with Crippen LogP contribution in [0.15, 0.2) is 47.6 Å². The van der Waals surface area contributed by atoms with Crippen molar-refractivity contribution in [1.29, 1.82) is 0 Å². The number of halogens is 2. The molecule has 1 fully saturated rings. The van der Waals surface area contributed by atoms with Gasteiger partial charge in [0.05, 0.1) is 0 Å². The van der Waals surface area contributed by atoms with Crippen LogP contribution >= 0.6 is 0 Å². The van der Waals surface area contributed by atoms with E-state index in [1.165, 1.54) is 25.1 Å². The first-order valence-electron chi connectivity index (χ1n) is 10.9. The molecule has 7 heteroatoms. The van der Waals surface area contributed by atoms with Gasteiger partial charge in [0, 0.05) is 49.6 Å². The Kier molecular flexibility index (Phi) is 6.61. The lowest BCUT2D eigenvalue weighted by Gasteiger charge is -2.39. The molecule has 164 valence electrons. The van der Waals surface area contributed by atoms with Gasteiger partial charge in [-0.05, 0) is 80.3 Å². The molecule has 0 aromatic heterocycles. The van der Waals surface area contributed by atoms with E-state index < -0.39 is 0 Å². The van der Waals surface area contributed by atoms with E-state index in [0.29, 0.717) is 0 Å². The van der Waals surface area contributed by atoms with Crippen molar-refractivity contribution in [3.63, 3.8) is 0 Å². The van der Waals surface area contributed by atoms with Crippen molar-refractivity contribution >= 4 is 23.5 Å². The van der Waals surface area contributed by atoms with E-state index in [9.17, 15) is 13.6 Å². The van der Waals surface area contributed by atoms with Crippen molar-refractivity contribution in [1.82, 2.24) is 10.3 Å². The quantitative estimate of drug-likeness (QED) is 0.401. The van der Waals surface area contributed by atoms with E-state index in [2.05, 4.69) is 20.3 Å². The molecular formula is C24H28F2N4O. The smallest absolute Gasteiger partial charge is 0.236 e. The van der Waals surface area contributed by atoms with Gasteiger partial charge in [-0.1, -0.05) is 0 Å². The molecule has 0 aliphatic carbocycles. The SMILES string of the molecule is CC(=O)NN=CCCCCN1CCC2C(C1)c1cc(F)ccc1N2c1ccc(F)cc1. The van der Waals surface area contributed by atoms with Gasteiger partial charge in [0.25, 0.3) is 0 Å². The minimum Gasteiger partial charge on any atom is -0.337 e. The first kappa shape index (κ1) is 21.4. The fourth-order valence-electron chi connectivity index (χ4n) is 4.75. The van der Waals surface area contributed by atoms with Crippen LogP contribution in [0, 0.1) is 11.6 Å². The molecule has 0 spiro atoms. The summed E-state index contributed by atoms with van der Waals surface area (Å²) in [6, 6.07) is 11.9. The molecule has 1 amide bonds. The molecule has 2 heterocycles. The Morgan fingerprint density at radius 2 is 1.94 bits per heavy atom. The van der Waals surface area contributed by atoms with E-state index in [1.54, 1.807) is 24.4 Å². The summed E-state index contributed by atoms with van der Waals surface area (Å²) in [5, 5.41) is 3.87. The second-order valence-electron chi connectivity index (χ2n) is 8.29. The van der Waals surface area contributed by atoms with Crippen LogP contribution in [0.4, 0.5) is 20.2 Å². The van der Waals surface area contributed by atoms with Crippen LogP contribution in [0.2, 0.25) is 0 Å². The Bertz CT molecular complexity index is 947. The largest absolute Gasteiger partial charge is 0.337 e. The van der Waals surface area contributed by atoms with Crippen molar-refractivity contribution in [3.8, 4) is 0 Å². The summed E-state index contributed by atoms with van der Waals surface area (Å²) < 4.78 is 27.5. The molecule has 31 heavy (non-hydrogen) atoms. The monoisotopic (exact) mass is 426 g/mol. The summed E-state index contributed by atoms with van der Waals surface area (Å²) >= 11 is 0. The van der Waals surface area contributed by atoms with E-state index in [0.717, 1.165) is 62.3 Å². The van der Waals surface area contributed by atoms with Crippen molar-refractivity contribution in [2.24, 2.45) is 5.10 Å². The van der Waals surface area contributed by atoms with Crippen LogP contribution in [0.3, 0.4) is 0 Å². The zero-order chi connectivity index (χ0) is 21.8. The lowest BCUT2D eigenvalue weighted by atomic mass is 9.89. The zero-order valence-corrected chi connectivity index (χ0v) is 17.7. The van der Waals surface area contributed by atoms with E-state index in [4.69, 9.17) is 0 Å². The molecule has 2 aromatic rings. The number of anilines is 2. The molecule has 2 atom stereocenters. The third kappa shape index (κ3) is 4.93. The maximum absolute atomic E-state index is 14.1. The maximum Gasteiger partial charge on any atom is 0.236 e. The number of amides is 1. The number of rotatable bonds is 7. The molecule has 0 saturated carbocycles. The summed E-state index contributed by atoms with van der Waals surface area (Å²) in [5.74, 6) is -0.405. The Morgan fingerprint density at radius 1 is 1.16 bits per heavy atom. The fourth-order valence-corrected chi connectivity index (χ4v) is 4.75. The van der Waals surface area contributed by atoms with Gasteiger partial charge in [0.1, 0.15) is 11.6 Å². The van der Waals surface area contributed by atoms with Crippen molar-refractivity contribution in [2.45, 2.75) is 44.6 Å². The van der Waals surface area contributed by atoms with Crippen LogP contribution in [0.5, 0.6) is 0 Å². The average Bonchev–Trinajstić information content (AvgIpc) is 3.06. The second kappa shape index (κ2) is 9.56. The van der Waals surface area contributed by atoms with Crippen LogP contribution in [-0.2, 0) is 4.79 Å². The minimum atomic E-state index is -0.254. The molecule has 2 unspecified atom stereocenters. The van der Waals surface area contributed by atoms with Gasteiger partial charge in [-0.3, -0.25) is 4.79 Å². The number of hydrogen-bond acceptors (Lipinski definition) is 4. The summed E-state index contributed by atoms with van der Waals surface area (Å²) in [6.07, 6.45) is 5.58. The number of piperidine rings is 1. The van der Waals surface area contributed by atoms with E-state index in [-0.39, 0.29) is 29.5 Å². The predicted octanol–water partition coefficient (Wildman–Crippen LogP) is 4.57. The van der Waals surface area contributed by atoms with Gasteiger partial charge in [-0.2, -0.15) is 5.10 Å². The highest BCUT2D eigenvalue weighted by molar-refractivity contribution is 5.74. The van der Waals surface area contributed by atoms with Crippen molar-refractivity contribution in [2.75, 3.05) is 24.5 Å².